The van der Waals surface area contributed by atoms with Gasteiger partial charge in [0.1, 0.15) is 5.75 Å². The molecule has 2 aromatic carbocycles. The van der Waals surface area contributed by atoms with Gasteiger partial charge in [0.15, 0.2) is 0 Å². The van der Waals surface area contributed by atoms with Crippen LogP contribution in [0.5, 0.6) is 5.75 Å². The van der Waals surface area contributed by atoms with Crippen molar-refractivity contribution < 1.29 is 5.11 Å². The molecular formula is C19H21NO. The van der Waals surface area contributed by atoms with Crippen LogP contribution in [-0.4, -0.2) is 29.6 Å². The van der Waals surface area contributed by atoms with Crippen LogP contribution in [-0.2, 0) is 12.8 Å². The molecule has 0 radical (unpaired) electrons. The molecule has 1 aliphatic heterocycles. The summed E-state index contributed by atoms with van der Waals surface area (Å²) < 4.78 is 0. The second-order valence-corrected chi connectivity index (χ2v) is 6.52. The summed E-state index contributed by atoms with van der Waals surface area (Å²) in [7, 11) is 2.24. The first-order valence-corrected chi connectivity index (χ1v) is 7.75. The Labute approximate surface area is 126 Å². The van der Waals surface area contributed by atoms with Crippen molar-refractivity contribution in [3.05, 3.63) is 64.2 Å². The summed E-state index contributed by atoms with van der Waals surface area (Å²) in [5.41, 5.74) is 6.63. The Hall–Kier alpha value is -1.80. The summed E-state index contributed by atoms with van der Waals surface area (Å²) in [5.74, 6) is 0.830. The lowest BCUT2D eigenvalue weighted by molar-refractivity contribution is 0.244. The first kappa shape index (κ1) is 12.9. The SMILES string of the molecule is Cc1cc2c(cc1O)[C@H]1c3ccccc3C[C@@H]1N(C)CC2. The van der Waals surface area contributed by atoms with Gasteiger partial charge in [-0.3, -0.25) is 0 Å². The molecule has 2 atom stereocenters. The van der Waals surface area contributed by atoms with E-state index >= 15 is 0 Å². The first-order chi connectivity index (χ1) is 10.1. The average molecular weight is 279 g/mol. The molecule has 0 spiro atoms. The summed E-state index contributed by atoms with van der Waals surface area (Å²) in [6, 6.07) is 13.5. The predicted molar refractivity (Wildman–Crippen MR) is 85.0 cm³/mol. The second-order valence-electron chi connectivity index (χ2n) is 6.52. The van der Waals surface area contributed by atoms with Gasteiger partial charge < -0.3 is 10.0 Å². The van der Waals surface area contributed by atoms with Crippen molar-refractivity contribution in [1.82, 2.24) is 4.90 Å². The van der Waals surface area contributed by atoms with Crippen molar-refractivity contribution in [2.75, 3.05) is 13.6 Å². The van der Waals surface area contributed by atoms with E-state index in [0.717, 1.165) is 24.9 Å². The predicted octanol–water partition coefficient (Wildman–Crippen LogP) is 3.25. The third-order valence-electron chi connectivity index (χ3n) is 5.30. The number of hydrogen-bond acceptors (Lipinski definition) is 2. The molecule has 2 aliphatic rings. The van der Waals surface area contributed by atoms with E-state index in [1.54, 1.807) is 0 Å². The van der Waals surface area contributed by atoms with Crippen molar-refractivity contribution in [2.24, 2.45) is 0 Å². The van der Waals surface area contributed by atoms with Gasteiger partial charge in [0.05, 0.1) is 0 Å². The van der Waals surface area contributed by atoms with E-state index in [-0.39, 0.29) is 0 Å². The number of benzene rings is 2. The van der Waals surface area contributed by atoms with Gasteiger partial charge in [-0.25, -0.2) is 0 Å². The van der Waals surface area contributed by atoms with Gasteiger partial charge in [0.25, 0.3) is 0 Å². The normalized spacial score (nSPS) is 24.1. The molecule has 1 aliphatic carbocycles. The third kappa shape index (κ3) is 1.90. The Morgan fingerprint density at radius 2 is 1.90 bits per heavy atom. The maximum Gasteiger partial charge on any atom is 0.118 e. The van der Waals surface area contributed by atoms with Gasteiger partial charge in [-0.15, -0.1) is 0 Å². The number of phenolic OH excluding ortho intramolecular Hbond substituents is 1. The highest BCUT2D eigenvalue weighted by molar-refractivity contribution is 5.52. The van der Waals surface area contributed by atoms with Gasteiger partial charge in [-0.05, 0) is 60.7 Å². The second kappa shape index (κ2) is 4.60. The van der Waals surface area contributed by atoms with E-state index in [1.807, 2.05) is 13.0 Å². The summed E-state index contributed by atoms with van der Waals surface area (Å²) in [6.45, 7) is 3.08. The third-order valence-corrected chi connectivity index (χ3v) is 5.30. The standard InChI is InChI=1S/C19H21NO/c1-12-9-14-7-8-20(2)17-10-13-5-3-4-6-15(13)19(17)16(14)11-18(12)21/h3-6,9,11,17,19,21H,7-8,10H2,1-2H3/t17-,19+/m0/s1. The summed E-state index contributed by atoms with van der Waals surface area (Å²) >= 11 is 0. The quantitative estimate of drug-likeness (QED) is 0.800. The minimum absolute atomic E-state index is 0.398. The summed E-state index contributed by atoms with van der Waals surface area (Å²) in [5, 5.41) is 10.2. The lowest BCUT2D eigenvalue weighted by atomic mass is 9.86. The number of likely N-dealkylation sites (N-methyl/N-ethyl adjacent to an activating group) is 1. The van der Waals surface area contributed by atoms with Gasteiger partial charge in [-0.2, -0.15) is 0 Å². The molecule has 2 heteroatoms. The molecule has 108 valence electrons. The van der Waals surface area contributed by atoms with Crippen LogP contribution in [0.4, 0.5) is 0 Å². The zero-order valence-electron chi connectivity index (χ0n) is 12.6. The number of aryl methyl sites for hydroxylation is 1. The highest BCUT2D eigenvalue weighted by Gasteiger charge is 2.38. The molecule has 2 aromatic rings. The first-order valence-electron chi connectivity index (χ1n) is 7.75. The molecule has 0 saturated carbocycles. The van der Waals surface area contributed by atoms with Crippen LogP contribution in [0.2, 0.25) is 0 Å². The van der Waals surface area contributed by atoms with Crippen LogP contribution in [0.3, 0.4) is 0 Å². The van der Waals surface area contributed by atoms with Crippen LogP contribution in [0.25, 0.3) is 0 Å². The summed E-state index contributed by atoms with van der Waals surface area (Å²) in [6.07, 6.45) is 2.19. The highest BCUT2D eigenvalue weighted by Crippen LogP contribution is 2.44. The summed E-state index contributed by atoms with van der Waals surface area (Å²) in [4.78, 5) is 2.50. The molecule has 1 N–H and O–H groups in total. The average Bonchev–Trinajstić information content (AvgIpc) is 2.81. The fourth-order valence-corrected chi connectivity index (χ4v) is 4.10. The zero-order chi connectivity index (χ0) is 14.6. The molecular weight excluding hydrogens is 258 g/mol. The van der Waals surface area contributed by atoms with E-state index in [9.17, 15) is 5.11 Å². The molecule has 0 bridgehead atoms. The van der Waals surface area contributed by atoms with Crippen LogP contribution >= 0.6 is 0 Å². The molecule has 0 amide bonds. The maximum atomic E-state index is 10.2. The Kier molecular flexibility index (Phi) is 2.83. The van der Waals surface area contributed by atoms with Crippen LogP contribution < -0.4 is 0 Å². The zero-order valence-corrected chi connectivity index (χ0v) is 12.6. The Morgan fingerprint density at radius 3 is 2.76 bits per heavy atom. The largest absolute Gasteiger partial charge is 0.508 e. The van der Waals surface area contributed by atoms with E-state index in [0.29, 0.717) is 17.7 Å². The van der Waals surface area contributed by atoms with Gasteiger partial charge in [0.2, 0.25) is 0 Å². The molecule has 0 unspecified atom stereocenters. The van der Waals surface area contributed by atoms with E-state index in [4.69, 9.17) is 0 Å². The van der Waals surface area contributed by atoms with E-state index < -0.39 is 0 Å². The molecule has 0 fully saturated rings. The van der Waals surface area contributed by atoms with Crippen molar-refractivity contribution in [3.63, 3.8) is 0 Å². The van der Waals surface area contributed by atoms with Gasteiger partial charge in [0, 0.05) is 18.5 Å². The monoisotopic (exact) mass is 279 g/mol. The number of fused-ring (bicyclic) bond motifs is 5. The van der Waals surface area contributed by atoms with E-state index in [2.05, 4.69) is 42.3 Å². The Balaban J connectivity index is 1.94. The van der Waals surface area contributed by atoms with Crippen molar-refractivity contribution in [3.8, 4) is 5.75 Å². The molecule has 0 aromatic heterocycles. The molecule has 4 rings (SSSR count). The fraction of sp³-hybridized carbons (Fsp3) is 0.368. The van der Waals surface area contributed by atoms with Gasteiger partial charge in [-0.1, -0.05) is 30.3 Å². The number of nitrogens with zero attached hydrogens (tertiary/aromatic N) is 1. The molecule has 0 saturated heterocycles. The number of aromatic hydroxyl groups is 1. The van der Waals surface area contributed by atoms with Crippen molar-refractivity contribution in [1.29, 1.82) is 0 Å². The van der Waals surface area contributed by atoms with Crippen molar-refractivity contribution >= 4 is 0 Å². The minimum atomic E-state index is 0.398. The lowest BCUT2D eigenvalue weighted by Crippen LogP contribution is -2.34. The van der Waals surface area contributed by atoms with Crippen LogP contribution in [0, 0.1) is 6.92 Å². The molecule has 1 heterocycles. The molecule has 2 nitrogen and oxygen atoms in total. The van der Waals surface area contributed by atoms with E-state index in [1.165, 1.54) is 22.3 Å². The number of phenols is 1. The van der Waals surface area contributed by atoms with Crippen LogP contribution in [0.1, 0.15) is 33.7 Å². The lowest BCUT2D eigenvalue weighted by Gasteiger charge is -2.27. The highest BCUT2D eigenvalue weighted by atomic mass is 16.3. The minimum Gasteiger partial charge on any atom is -0.508 e. The van der Waals surface area contributed by atoms with Crippen molar-refractivity contribution in [2.45, 2.75) is 31.7 Å². The Bertz CT molecular complexity index is 707. The maximum absolute atomic E-state index is 10.2. The number of hydrogen-bond donors (Lipinski definition) is 1. The smallest absolute Gasteiger partial charge is 0.118 e. The molecule has 21 heavy (non-hydrogen) atoms. The topological polar surface area (TPSA) is 23.5 Å². The Morgan fingerprint density at radius 1 is 1.10 bits per heavy atom. The van der Waals surface area contributed by atoms with Gasteiger partial charge >= 0.3 is 0 Å². The number of rotatable bonds is 0. The fourth-order valence-electron chi connectivity index (χ4n) is 4.10. The van der Waals surface area contributed by atoms with Crippen LogP contribution in [0.15, 0.2) is 36.4 Å².